The fraction of sp³-hybridized carbons (Fsp3) is 0.929. The Kier molecular flexibility index (Phi) is 8.56. The van der Waals surface area contributed by atoms with E-state index in [9.17, 15) is 23.2 Å². The molecule has 0 aromatic rings. The molecule has 2 N–H and O–H groups in total. The fourth-order valence-electron chi connectivity index (χ4n) is 9.37. The summed E-state index contributed by atoms with van der Waals surface area (Å²) in [5.74, 6) is 2.63. The van der Waals surface area contributed by atoms with Gasteiger partial charge >= 0.3 is 29.6 Å². The van der Waals surface area contributed by atoms with Crippen molar-refractivity contribution in [2.45, 2.75) is 111 Å². The number of allylic oxidation sites excluding steroid dienone is 2. The van der Waals surface area contributed by atoms with E-state index in [2.05, 4.69) is 47.6 Å². The molecule has 0 aromatic carbocycles. The van der Waals surface area contributed by atoms with Gasteiger partial charge in [-0.2, -0.15) is 0 Å². The Hall–Kier alpha value is 0.490. The Morgan fingerprint density at radius 1 is 1.05 bits per heavy atom. The van der Waals surface area contributed by atoms with Crippen LogP contribution in [0, 0.1) is 52.3 Å². The summed E-state index contributed by atoms with van der Waals surface area (Å²) >= 11 is 0. The number of aliphatic hydroxyl groups excluding tert-OH is 2. The monoisotopic (exact) mass is 548 g/mol. The third kappa shape index (κ3) is 5.07. The van der Waals surface area contributed by atoms with Gasteiger partial charge in [0.05, 0.1) is 18.3 Å². The third-order valence-electron chi connectivity index (χ3n) is 11.7. The fourth-order valence-corrected chi connectivity index (χ4v) is 9.89. The maximum atomic E-state index is 11.5. The van der Waals surface area contributed by atoms with E-state index in [1.54, 1.807) is 0 Å². The van der Waals surface area contributed by atoms with E-state index >= 15 is 0 Å². The van der Waals surface area contributed by atoms with Gasteiger partial charge in [-0.05, 0) is 90.8 Å². The second kappa shape index (κ2) is 10.4. The first kappa shape index (κ1) is 30.4. The van der Waals surface area contributed by atoms with E-state index in [1.807, 2.05) is 0 Å². The first-order valence-electron chi connectivity index (χ1n) is 14.0. The van der Waals surface area contributed by atoms with Crippen LogP contribution >= 0.6 is 0 Å². The van der Waals surface area contributed by atoms with Gasteiger partial charge in [0, 0.05) is 0 Å². The molecule has 3 saturated carbocycles. The minimum absolute atomic E-state index is 0. The number of fused-ring (bicyclic) bond motifs is 5. The average Bonchev–Trinajstić information content (AvgIpc) is 3.49. The van der Waals surface area contributed by atoms with Crippen molar-refractivity contribution >= 4 is 10.4 Å². The molecule has 5 aliphatic rings. The molecule has 5 rings (SSSR count). The van der Waals surface area contributed by atoms with Crippen molar-refractivity contribution in [2.24, 2.45) is 52.3 Å². The smallest absolute Gasteiger partial charge is 0.726 e. The number of epoxide rings is 1. The van der Waals surface area contributed by atoms with E-state index in [4.69, 9.17) is 8.92 Å². The van der Waals surface area contributed by atoms with E-state index in [0.29, 0.717) is 54.6 Å². The van der Waals surface area contributed by atoms with Gasteiger partial charge in [0.15, 0.2) is 0 Å². The summed E-state index contributed by atoms with van der Waals surface area (Å²) in [5.41, 5.74) is 1.22. The number of hydrogen-bond donors (Lipinski definition) is 2. The van der Waals surface area contributed by atoms with Crippen molar-refractivity contribution in [1.82, 2.24) is 0 Å². The van der Waals surface area contributed by atoms with Gasteiger partial charge in [0.1, 0.15) is 12.2 Å². The molecule has 1 heterocycles. The van der Waals surface area contributed by atoms with Crippen LogP contribution in [0.1, 0.15) is 80.1 Å². The van der Waals surface area contributed by atoms with Crippen LogP contribution in [0.3, 0.4) is 0 Å². The van der Waals surface area contributed by atoms with Crippen molar-refractivity contribution in [3.63, 3.8) is 0 Å². The molecular weight excluding hydrogens is 503 g/mol. The maximum Gasteiger partial charge on any atom is 1.00 e. The van der Waals surface area contributed by atoms with Crippen molar-refractivity contribution in [3.05, 3.63) is 11.6 Å². The molecule has 0 amide bonds. The van der Waals surface area contributed by atoms with Crippen molar-refractivity contribution in [1.29, 1.82) is 0 Å². The molecule has 1 unspecified atom stereocenters. The van der Waals surface area contributed by atoms with Crippen LogP contribution in [0.25, 0.3) is 0 Å². The number of hydrogen-bond acceptors (Lipinski definition) is 7. The van der Waals surface area contributed by atoms with Gasteiger partial charge in [-0.1, -0.05) is 53.2 Å². The molecule has 1 saturated heterocycles. The standard InChI is InChI=1S/C28H46O7S.Na/c1-14(2)15(3)24-25(34-24)16(4)18-9-10-19-17-7-8-21-26(35-36(31,32)33)23(30)22(29)13-28(21,6)20(17)11-12-27(18,19)5;/h7,14-16,18-26,29-30H,8-13H2,1-6H3,(H,31,32,33);/q;+1/p-1/t15-,16-,18+,19-,20-,21?,22+,23-,24-,25-,26-,27+,28+;/m0./s1. The minimum atomic E-state index is -5.00. The maximum absolute atomic E-state index is 11.5. The van der Waals surface area contributed by atoms with Crippen LogP contribution in [0.5, 0.6) is 0 Å². The van der Waals surface area contributed by atoms with Gasteiger partial charge in [-0.15, -0.1) is 0 Å². The van der Waals surface area contributed by atoms with Crippen LogP contribution in [-0.4, -0.2) is 53.7 Å². The Balaban J connectivity index is 0.00000320. The summed E-state index contributed by atoms with van der Waals surface area (Å²) in [7, 11) is -5.00. The molecule has 206 valence electrons. The van der Waals surface area contributed by atoms with Crippen LogP contribution in [-0.2, 0) is 19.3 Å². The summed E-state index contributed by atoms with van der Waals surface area (Å²) in [6.07, 6.45) is 4.60. The zero-order valence-electron chi connectivity index (χ0n) is 23.6. The van der Waals surface area contributed by atoms with Crippen molar-refractivity contribution in [2.75, 3.05) is 0 Å². The molecule has 0 aromatic heterocycles. The van der Waals surface area contributed by atoms with E-state index in [-0.39, 0.29) is 46.8 Å². The number of rotatable bonds is 6. The van der Waals surface area contributed by atoms with Gasteiger partial charge in [0.2, 0.25) is 10.4 Å². The molecule has 37 heavy (non-hydrogen) atoms. The number of aliphatic hydroxyl groups is 2. The quantitative estimate of drug-likeness (QED) is 0.167. The van der Waals surface area contributed by atoms with Crippen LogP contribution in [0.4, 0.5) is 0 Å². The normalized spacial score (nSPS) is 48.7. The first-order valence-corrected chi connectivity index (χ1v) is 15.4. The Morgan fingerprint density at radius 2 is 1.70 bits per heavy atom. The summed E-state index contributed by atoms with van der Waals surface area (Å²) in [5, 5.41) is 21.3. The number of ether oxygens (including phenoxy) is 1. The van der Waals surface area contributed by atoms with Crippen molar-refractivity contribution in [3.8, 4) is 0 Å². The second-order valence-electron chi connectivity index (χ2n) is 13.6. The molecule has 4 aliphatic carbocycles. The summed E-state index contributed by atoms with van der Waals surface area (Å²) in [6.45, 7) is 13.8. The van der Waals surface area contributed by atoms with Gasteiger partial charge in [-0.25, -0.2) is 8.42 Å². The summed E-state index contributed by atoms with van der Waals surface area (Å²) < 4.78 is 45.5. The van der Waals surface area contributed by atoms with Crippen LogP contribution in [0.15, 0.2) is 11.6 Å². The van der Waals surface area contributed by atoms with Gasteiger partial charge in [-0.3, -0.25) is 4.18 Å². The van der Waals surface area contributed by atoms with Gasteiger partial charge in [0.25, 0.3) is 0 Å². The molecule has 0 bridgehead atoms. The first-order chi connectivity index (χ1) is 16.7. The molecule has 9 heteroatoms. The second-order valence-corrected chi connectivity index (χ2v) is 14.7. The largest absolute Gasteiger partial charge is 1.00 e. The Labute approximate surface area is 245 Å². The van der Waals surface area contributed by atoms with Gasteiger partial charge < -0.3 is 19.5 Å². The van der Waals surface area contributed by atoms with Crippen LogP contribution < -0.4 is 29.6 Å². The zero-order chi connectivity index (χ0) is 26.4. The zero-order valence-corrected chi connectivity index (χ0v) is 26.4. The Bertz CT molecular complexity index is 1000. The molecule has 13 atom stereocenters. The Morgan fingerprint density at radius 3 is 2.32 bits per heavy atom. The van der Waals surface area contributed by atoms with E-state index in [0.717, 1.165) is 19.3 Å². The SMILES string of the molecule is CC(C)[C@H](C)[C@@H]1O[C@H]1[C@@H](C)[C@H]1CC[C@H]2C3=CCC4[C@H](OS(=O)(=O)[O-])[C@@H](O)[C@H](O)C[C@]4(C)[C@H]3CC[C@]12C.[Na+]. The van der Waals surface area contributed by atoms with E-state index < -0.39 is 34.1 Å². The molecule has 1 aliphatic heterocycles. The summed E-state index contributed by atoms with van der Waals surface area (Å²) in [6, 6.07) is 0. The average molecular weight is 549 g/mol. The molecular formula is C28H45NaO7S. The predicted octanol–water partition coefficient (Wildman–Crippen LogP) is 1.05. The molecule has 0 radical (unpaired) electrons. The van der Waals surface area contributed by atoms with Crippen LogP contribution in [0.2, 0.25) is 0 Å². The summed E-state index contributed by atoms with van der Waals surface area (Å²) in [4.78, 5) is 0. The third-order valence-corrected chi connectivity index (χ3v) is 12.2. The minimum Gasteiger partial charge on any atom is -0.726 e. The topological polar surface area (TPSA) is 119 Å². The predicted molar refractivity (Wildman–Crippen MR) is 134 cm³/mol. The van der Waals surface area contributed by atoms with E-state index in [1.165, 1.54) is 12.0 Å². The molecule has 7 nitrogen and oxygen atoms in total. The molecule has 4 fully saturated rings. The van der Waals surface area contributed by atoms with Crippen molar-refractivity contribution < 1.29 is 61.7 Å². The molecule has 0 spiro atoms.